The number of carbonyl (C=O) groups is 3. The predicted octanol–water partition coefficient (Wildman–Crippen LogP) is 1.24. The van der Waals surface area contributed by atoms with Crippen molar-refractivity contribution in [1.29, 1.82) is 5.41 Å². The number of aliphatic carboxylic acids is 1. The molecule has 0 aromatic heterocycles. The highest BCUT2D eigenvalue weighted by atomic mass is 16.5. The summed E-state index contributed by atoms with van der Waals surface area (Å²) < 4.78 is 5.12. The van der Waals surface area contributed by atoms with Crippen LogP contribution in [0.3, 0.4) is 0 Å². The molecule has 1 aliphatic rings. The molecule has 1 aromatic carbocycles. The average molecular weight is 333 g/mol. The second-order valence-electron chi connectivity index (χ2n) is 5.54. The summed E-state index contributed by atoms with van der Waals surface area (Å²) in [5, 5.41) is 16.6. The van der Waals surface area contributed by atoms with Gasteiger partial charge in [-0.25, -0.2) is 4.79 Å². The minimum absolute atomic E-state index is 0.0175. The number of rotatable bonds is 5. The van der Waals surface area contributed by atoms with Crippen LogP contribution in [-0.2, 0) is 19.9 Å². The van der Waals surface area contributed by atoms with Gasteiger partial charge in [0.2, 0.25) is 5.90 Å². The van der Waals surface area contributed by atoms with Crippen molar-refractivity contribution in [3.63, 3.8) is 0 Å². The minimum Gasteiger partial charge on any atom is -0.480 e. The van der Waals surface area contributed by atoms with Crippen molar-refractivity contribution >= 4 is 23.8 Å². The molecule has 3 amide bonds. The Morgan fingerprint density at radius 1 is 1.29 bits per heavy atom. The first-order valence-electron chi connectivity index (χ1n) is 7.37. The lowest BCUT2D eigenvalue weighted by atomic mass is 9.90. The summed E-state index contributed by atoms with van der Waals surface area (Å²) in [4.78, 5) is 37.7. The average Bonchev–Trinajstić information content (AvgIpc) is 2.71. The molecular formula is C16H19N3O5. The summed E-state index contributed by atoms with van der Waals surface area (Å²) in [6.45, 7) is 3.04. The van der Waals surface area contributed by atoms with Crippen LogP contribution in [-0.4, -0.2) is 58.9 Å². The zero-order valence-corrected chi connectivity index (χ0v) is 13.7. The lowest BCUT2D eigenvalue weighted by molar-refractivity contribution is -0.143. The molecule has 0 spiro atoms. The molecule has 1 unspecified atom stereocenters. The Bertz CT molecular complexity index is 700. The van der Waals surface area contributed by atoms with Crippen molar-refractivity contribution in [1.82, 2.24) is 9.80 Å². The van der Waals surface area contributed by atoms with E-state index in [0.29, 0.717) is 17.7 Å². The van der Waals surface area contributed by atoms with E-state index in [0.717, 1.165) is 4.90 Å². The van der Waals surface area contributed by atoms with Crippen LogP contribution in [0.15, 0.2) is 24.3 Å². The van der Waals surface area contributed by atoms with Crippen LogP contribution < -0.4 is 0 Å². The van der Waals surface area contributed by atoms with Crippen molar-refractivity contribution in [2.24, 2.45) is 0 Å². The van der Waals surface area contributed by atoms with Gasteiger partial charge < -0.3 is 14.7 Å². The van der Waals surface area contributed by atoms with Crippen molar-refractivity contribution in [2.75, 3.05) is 20.2 Å². The van der Waals surface area contributed by atoms with Crippen LogP contribution in [0.2, 0.25) is 0 Å². The number of likely N-dealkylation sites (N-methyl/N-ethyl adjacent to an activating group) is 1. The summed E-state index contributed by atoms with van der Waals surface area (Å²) in [6.07, 6.45) is 0. The maximum atomic E-state index is 12.6. The number of nitrogens with one attached hydrogen (secondary N) is 1. The number of imide groups is 1. The Morgan fingerprint density at radius 2 is 1.88 bits per heavy atom. The lowest BCUT2D eigenvalue weighted by Crippen LogP contribution is -2.42. The monoisotopic (exact) mass is 333 g/mol. The number of benzene rings is 1. The summed E-state index contributed by atoms with van der Waals surface area (Å²) in [5.41, 5.74) is -0.214. The molecule has 2 N–H and O–H groups in total. The van der Waals surface area contributed by atoms with Gasteiger partial charge in [-0.05, 0) is 31.5 Å². The largest absolute Gasteiger partial charge is 0.480 e. The number of ether oxygens (including phenoxy) is 1. The Balaban J connectivity index is 2.36. The van der Waals surface area contributed by atoms with Gasteiger partial charge in [-0.1, -0.05) is 12.1 Å². The Hall–Kier alpha value is -2.90. The molecule has 1 heterocycles. The van der Waals surface area contributed by atoms with Gasteiger partial charge >= 0.3 is 12.0 Å². The van der Waals surface area contributed by atoms with E-state index in [1.807, 2.05) is 0 Å². The summed E-state index contributed by atoms with van der Waals surface area (Å²) in [6, 6.07) is 5.87. The highest BCUT2D eigenvalue weighted by molar-refractivity contribution is 6.08. The quantitative estimate of drug-likeness (QED) is 0.478. The van der Waals surface area contributed by atoms with Gasteiger partial charge in [-0.15, -0.1) is 0 Å². The summed E-state index contributed by atoms with van der Waals surface area (Å²) >= 11 is 0. The standard InChI is InChI=1S/C16H19N3O5/c1-4-24-13(17)10-5-7-11(8-6-10)16(2)14(22)19(9-12(20)21)15(23)18(16)3/h5-8,17H,4,9H2,1-3H3,(H,20,21). The first-order chi connectivity index (χ1) is 11.2. The zero-order chi connectivity index (χ0) is 18.1. The predicted molar refractivity (Wildman–Crippen MR) is 84.8 cm³/mol. The molecule has 0 saturated carbocycles. The van der Waals surface area contributed by atoms with E-state index in [9.17, 15) is 14.4 Å². The molecule has 8 nitrogen and oxygen atoms in total. The summed E-state index contributed by atoms with van der Waals surface area (Å²) in [5.74, 6) is -1.83. The molecule has 1 aromatic rings. The number of amides is 3. The topological polar surface area (TPSA) is 111 Å². The van der Waals surface area contributed by atoms with Gasteiger partial charge in [0, 0.05) is 12.6 Å². The molecular weight excluding hydrogens is 314 g/mol. The molecule has 1 atom stereocenters. The normalized spacial score (nSPS) is 20.5. The van der Waals surface area contributed by atoms with Crippen LogP contribution in [0.5, 0.6) is 0 Å². The smallest absolute Gasteiger partial charge is 0.328 e. The van der Waals surface area contributed by atoms with Gasteiger partial charge in [-0.3, -0.25) is 19.9 Å². The number of urea groups is 1. The van der Waals surface area contributed by atoms with Crippen molar-refractivity contribution < 1.29 is 24.2 Å². The lowest BCUT2D eigenvalue weighted by Gasteiger charge is -2.29. The number of nitrogens with zero attached hydrogens (tertiary/aromatic N) is 2. The molecule has 24 heavy (non-hydrogen) atoms. The van der Waals surface area contributed by atoms with Crippen LogP contribution in [0.25, 0.3) is 0 Å². The van der Waals surface area contributed by atoms with E-state index < -0.39 is 30.0 Å². The number of carboxylic acids is 1. The third-order valence-electron chi connectivity index (χ3n) is 4.14. The second-order valence-corrected chi connectivity index (χ2v) is 5.54. The van der Waals surface area contributed by atoms with E-state index >= 15 is 0 Å². The van der Waals surface area contributed by atoms with Crippen LogP contribution >= 0.6 is 0 Å². The second kappa shape index (κ2) is 6.31. The van der Waals surface area contributed by atoms with Crippen LogP contribution in [0.4, 0.5) is 4.79 Å². The van der Waals surface area contributed by atoms with Crippen LogP contribution in [0.1, 0.15) is 25.0 Å². The molecule has 0 aliphatic carbocycles. The van der Waals surface area contributed by atoms with E-state index in [-0.39, 0.29) is 5.90 Å². The number of hydrogen-bond acceptors (Lipinski definition) is 5. The molecule has 1 aliphatic heterocycles. The Morgan fingerprint density at radius 3 is 2.38 bits per heavy atom. The van der Waals surface area contributed by atoms with Crippen molar-refractivity contribution in [3.8, 4) is 0 Å². The highest BCUT2D eigenvalue weighted by Crippen LogP contribution is 2.36. The van der Waals surface area contributed by atoms with Gasteiger partial charge in [0.1, 0.15) is 12.1 Å². The molecule has 0 bridgehead atoms. The molecule has 0 radical (unpaired) electrons. The highest BCUT2D eigenvalue weighted by Gasteiger charge is 2.54. The van der Waals surface area contributed by atoms with E-state index in [2.05, 4.69) is 0 Å². The fourth-order valence-electron chi connectivity index (χ4n) is 2.63. The molecule has 128 valence electrons. The van der Waals surface area contributed by atoms with Gasteiger partial charge in [-0.2, -0.15) is 0 Å². The van der Waals surface area contributed by atoms with Crippen molar-refractivity contribution in [3.05, 3.63) is 35.4 Å². The maximum Gasteiger partial charge on any atom is 0.328 e. The van der Waals surface area contributed by atoms with E-state index in [1.165, 1.54) is 11.9 Å². The van der Waals surface area contributed by atoms with Gasteiger partial charge in [0.05, 0.1) is 6.61 Å². The van der Waals surface area contributed by atoms with Gasteiger partial charge in [0.15, 0.2) is 0 Å². The fraction of sp³-hybridized carbons (Fsp3) is 0.375. The van der Waals surface area contributed by atoms with Crippen molar-refractivity contribution in [2.45, 2.75) is 19.4 Å². The molecule has 1 saturated heterocycles. The molecule has 8 heteroatoms. The first-order valence-corrected chi connectivity index (χ1v) is 7.37. The Kier molecular flexibility index (Phi) is 4.59. The molecule has 1 fully saturated rings. The molecule has 2 rings (SSSR count). The minimum atomic E-state index is -1.29. The third kappa shape index (κ3) is 2.70. The third-order valence-corrected chi connectivity index (χ3v) is 4.14. The summed E-state index contributed by atoms with van der Waals surface area (Å²) in [7, 11) is 1.46. The van der Waals surface area contributed by atoms with E-state index in [1.54, 1.807) is 38.1 Å². The van der Waals surface area contributed by atoms with Gasteiger partial charge in [0.25, 0.3) is 5.91 Å². The number of carbonyl (C=O) groups excluding carboxylic acids is 2. The maximum absolute atomic E-state index is 12.6. The fourth-order valence-corrected chi connectivity index (χ4v) is 2.63. The van der Waals surface area contributed by atoms with E-state index in [4.69, 9.17) is 15.3 Å². The zero-order valence-electron chi connectivity index (χ0n) is 13.7. The first kappa shape index (κ1) is 17.5. The SMILES string of the molecule is CCOC(=N)c1ccc(C2(C)C(=O)N(CC(=O)O)C(=O)N2C)cc1. The number of hydrogen-bond donors (Lipinski definition) is 2. The van der Waals surface area contributed by atoms with Crippen LogP contribution in [0, 0.1) is 5.41 Å². The number of carboxylic acid groups (broad SMARTS) is 1. The Labute approximate surface area is 139 Å².